The lowest BCUT2D eigenvalue weighted by atomic mass is 10.1. The third-order valence-corrected chi connectivity index (χ3v) is 6.62. The van der Waals surface area contributed by atoms with E-state index in [4.69, 9.17) is 0 Å². The number of piperazine rings is 1. The highest BCUT2D eigenvalue weighted by Crippen LogP contribution is 2.32. The molecule has 8 nitrogen and oxygen atoms in total. The Morgan fingerprint density at radius 1 is 0.882 bits per heavy atom. The van der Waals surface area contributed by atoms with Gasteiger partial charge in [0.25, 0.3) is 11.5 Å². The number of benzene rings is 2. The lowest BCUT2D eigenvalue weighted by Crippen LogP contribution is -2.49. The largest absolute Gasteiger partial charge is 0.339 e. The highest BCUT2D eigenvalue weighted by atomic mass is 16.2. The molecule has 0 saturated carbocycles. The molecule has 1 N–H and O–H groups in total. The molecule has 0 radical (unpaired) electrons. The molecule has 4 heterocycles. The van der Waals surface area contributed by atoms with E-state index in [1.807, 2.05) is 64.5 Å². The van der Waals surface area contributed by atoms with E-state index >= 15 is 0 Å². The highest BCUT2D eigenvalue weighted by Gasteiger charge is 2.25. The van der Waals surface area contributed by atoms with Gasteiger partial charge in [-0.15, -0.1) is 0 Å². The lowest BCUT2D eigenvalue weighted by molar-refractivity contribution is 0.0746. The van der Waals surface area contributed by atoms with Crippen LogP contribution in [-0.2, 0) is 6.42 Å². The van der Waals surface area contributed by atoms with Gasteiger partial charge in [-0.25, -0.2) is 9.97 Å². The number of aromatic amines is 1. The predicted molar refractivity (Wildman–Crippen MR) is 132 cm³/mol. The van der Waals surface area contributed by atoms with Gasteiger partial charge in [-0.2, -0.15) is 0 Å². The zero-order valence-electron chi connectivity index (χ0n) is 18.6. The van der Waals surface area contributed by atoms with Gasteiger partial charge in [-0.1, -0.05) is 18.2 Å². The molecule has 1 saturated heterocycles. The molecule has 1 amide bonds. The Kier molecular flexibility index (Phi) is 4.98. The van der Waals surface area contributed by atoms with Crippen molar-refractivity contribution in [3.05, 3.63) is 88.3 Å². The van der Waals surface area contributed by atoms with E-state index in [2.05, 4.69) is 25.9 Å². The first kappa shape index (κ1) is 20.4. The molecule has 0 unspecified atom stereocenters. The number of aromatic nitrogens is 3. The molecule has 2 aromatic heterocycles. The summed E-state index contributed by atoms with van der Waals surface area (Å²) in [5, 5.41) is 0.580. The zero-order valence-corrected chi connectivity index (χ0v) is 18.6. The summed E-state index contributed by atoms with van der Waals surface area (Å²) in [5.41, 5.74) is 3.51. The molecule has 1 fully saturated rings. The van der Waals surface area contributed by atoms with Crippen LogP contribution in [0.3, 0.4) is 0 Å². The first-order valence-corrected chi connectivity index (χ1v) is 11.5. The number of hydrogen-bond acceptors (Lipinski definition) is 6. The van der Waals surface area contributed by atoms with Crippen LogP contribution in [0.4, 0.5) is 17.5 Å². The smallest absolute Gasteiger partial charge is 0.260 e. The van der Waals surface area contributed by atoms with Gasteiger partial charge in [0.05, 0.1) is 10.9 Å². The fraction of sp³-hybridized carbons (Fsp3) is 0.231. The van der Waals surface area contributed by atoms with Gasteiger partial charge in [-0.3, -0.25) is 14.6 Å². The summed E-state index contributed by atoms with van der Waals surface area (Å²) in [4.78, 5) is 43.6. The number of nitrogens with zero attached hydrogens (tertiary/aromatic N) is 5. The van der Waals surface area contributed by atoms with Gasteiger partial charge >= 0.3 is 0 Å². The van der Waals surface area contributed by atoms with Crippen molar-refractivity contribution in [1.82, 2.24) is 19.9 Å². The average molecular weight is 453 g/mol. The number of anilines is 3. The fourth-order valence-corrected chi connectivity index (χ4v) is 4.77. The van der Waals surface area contributed by atoms with Crippen LogP contribution < -0.4 is 15.4 Å². The Hall–Kier alpha value is -4.20. The zero-order chi connectivity index (χ0) is 23.1. The summed E-state index contributed by atoms with van der Waals surface area (Å²) in [5.74, 6) is 1.57. The third-order valence-electron chi connectivity index (χ3n) is 6.62. The second kappa shape index (κ2) is 8.30. The second-order valence-corrected chi connectivity index (χ2v) is 8.62. The Morgan fingerprint density at radius 2 is 1.68 bits per heavy atom. The third kappa shape index (κ3) is 3.57. The van der Waals surface area contributed by atoms with E-state index in [1.54, 1.807) is 6.07 Å². The molecule has 4 aromatic rings. The number of pyridine rings is 1. The van der Waals surface area contributed by atoms with Gasteiger partial charge < -0.3 is 14.7 Å². The number of fused-ring (bicyclic) bond motifs is 2. The van der Waals surface area contributed by atoms with Gasteiger partial charge in [0.15, 0.2) is 0 Å². The maximum absolute atomic E-state index is 13.1. The van der Waals surface area contributed by atoms with E-state index in [0.29, 0.717) is 48.6 Å². The molecule has 34 heavy (non-hydrogen) atoms. The Balaban J connectivity index is 1.13. The van der Waals surface area contributed by atoms with E-state index < -0.39 is 0 Å². The van der Waals surface area contributed by atoms with Crippen molar-refractivity contribution in [2.24, 2.45) is 0 Å². The molecule has 2 aliphatic rings. The molecule has 0 atom stereocenters. The number of rotatable bonds is 3. The molecule has 2 aliphatic heterocycles. The predicted octanol–water partition coefficient (Wildman–Crippen LogP) is 2.97. The molecule has 0 bridgehead atoms. The monoisotopic (exact) mass is 452 g/mol. The first-order chi connectivity index (χ1) is 16.7. The van der Waals surface area contributed by atoms with Crippen LogP contribution in [0.25, 0.3) is 10.9 Å². The number of amides is 1. The number of H-pyrrole nitrogens is 1. The van der Waals surface area contributed by atoms with Gasteiger partial charge in [0, 0.05) is 50.2 Å². The molecule has 0 spiro atoms. The van der Waals surface area contributed by atoms with Crippen LogP contribution in [0.15, 0.2) is 71.7 Å². The number of carbonyl (C=O) groups excluding carboxylic acids is 1. The van der Waals surface area contributed by atoms with Crippen molar-refractivity contribution in [3.63, 3.8) is 0 Å². The summed E-state index contributed by atoms with van der Waals surface area (Å²) in [6.45, 7) is 3.26. The maximum atomic E-state index is 13.1. The van der Waals surface area contributed by atoms with E-state index in [9.17, 15) is 9.59 Å². The summed E-state index contributed by atoms with van der Waals surface area (Å²) in [6, 6.07) is 19.2. The molecular weight excluding hydrogens is 428 g/mol. The first-order valence-electron chi connectivity index (χ1n) is 11.5. The van der Waals surface area contributed by atoms with Crippen LogP contribution in [0.1, 0.15) is 15.9 Å². The summed E-state index contributed by atoms with van der Waals surface area (Å²) in [6.07, 6.45) is 2.79. The molecule has 6 rings (SSSR count). The van der Waals surface area contributed by atoms with E-state index in [-0.39, 0.29) is 11.5 Å². The van der Waals surface area contributed by atoms with Crippen molar-refractivity contribution in [2.45, 2.75) is 6.42 Å². The van der Waals surface area contributed by atoms with E-state index in [0.717, 1.165) is 24.5 Å². The standard InChI is InChI=1S/C26H24N6O2/c33-24-21-5-1-2-6-22(21)28-26(29-24)31-16-14-30(15-17-31)25(34)19-7-9-20(10-8-19)32-13-11-18-4-3-12-27-23(18)32/h1-10,12H,11,13-17H2,(H,28,29,33). The summed E-state index contributed by atoms with van der Waals surface area (Å²) < 4.78 is 0. The number of carbonyl (C=O) groups is 1. The Morgan fingerprint density at radius 3 is 2.50 bits per heavy atom. The fourth-order valence-electron chi connectivity index (χ4n) is 4.77. The Bertz CT molecular complexity index is 1420. The number of nitrogens with one attached hydrogen (secondary N) is 1. The lowest BCUT2D eigenvalue weighted by Gasteiger charge is -2.35. The number of hydrogen-bond donors (Lipinski definition) is 1. The summed E-state index contributed by atoms with van der Waals surface area (Å²) >= 11 is 0. The van der Waals surface area contributed by atoms with Crippen LogP contribution in [0.5, 0.6) is 0 Å². The van der Waals surface area contributed by atoms with Crippen LogP contribution >= 0.6 is 0 Å². The van der Waals surface area contributed by atoms with Crippen LogP contribution in [0.2, 0.25) is 0 Å². The maximum Gasteiger partial charge on any atom is 0.260 e. The highest BCUT2D eigenvalue weighted by molar-refractivity contribution is 5.95. The second-order valence-electron chi connectivity index (χ2n) is 8.62. The van der Waals surface area contributed by atoms with Crippen molar-refractivity contribution < 1.29 is 4.79 Å². The van der Waals surface area contributed by atoms with Gasteiger partial charge in [-0.05, 0) is 54.4 Å². The minimum atomic E-state index is -0.143. The van der Waals surface area contributed by atoms with Gasteiger partial charge in [0.1, 0.15) is 5.82 Å². The Labute approximate surface area is 196 Å². The number of para-hydroxylation sites is 1. The molecule has 2 aromatic carbocycles. The average Bonchev–Trinajstić information content (AvgIpc) is 3.33. The van der Waals surface area contributed by atoms with Crippen molar-refractivity contribution >= 4 is 34.3 Å². The normalized spacial score (nSPS) is 15.6. The molecule has 0 aliphatic carbocycles. The van der Waals surface area contributed by atoms with Gasteiger partial charge in [0.2, 0.25) is 5.95 Å². The minimum Gasteiger partial charge on any atom is -0.339 e. The van der Waals surface area contributed by atoms with Crippen LogP contribution in [0, 0.1) is 0 Å². The van der Waals surface area contributed by atoms with Crippen LogP contribution in [-0.4, -0.2) is 58.5 Å². The summed E-state index contributed by atoms with van der Waals surface area (Å²) in [7, 11) is 0. The molecule has 8 heteroatoms. The topological polar surface area (TPSA) is 85.4 Å². The molecule has 170 valence electrons. The van der Waals surface area contributed by atoms with Crippen molar-refractivity contribution in [1.29, 1.82) is 0 Å². The van der Waals surface area contributed by atoms with Crippen molar-refractivity contribution in [3.8, 4) is 0 Å². The minimum absolute atomic E-state index is 0.0195. The SMILES string of the molecule is O=C(c1ccc(N2CCc3cccnc32)cc1)N1CCN(c2nc3ccccc3c(=O)[nH]2)CC1. The molecular formula is C26H24N6O2. The van der Waals surface area contributed by atoms with Crippen molar-refractivity contribution in [2.75, 3.05) is 42.5 Å². The quantitative estimate of drug-likeness (QED) is 0.515. The van der Waals surface area contributed by atoms with E-state index in [1.165, 1.54) is 5.56 Å².